The molecule has 2 N–H and O–H groups in total. The fraction of sp³-hybridized carbons (Fsp3) is 0.350. The van der Waals surface area contributed by atoms with E-state index in [1.165, 1.54) is 53.9 Å². The largest absolute Gasteiger partial charge is 0.496 e. The lowest BCUT2D eigenvalue weighted by atomic mass is 10.2. The molecule has 0 radical (unpaired) electrons. The van der Waals surface area contributed by atoms with Crippen LogP contribution in [0.25, 0.3) is 0 Å². The van der Waals surface area contributed by atoms with Crippen molar-refractivity contribution in [1.29, 1.82) is 0 Å². The van der Waals surface area contributed by atoms with Gasteiger partial charge < -0.3 is 10.1 Å². The summed E-state index contributed by atoms with van der Waals surface area (Å²) in [5.41, 5.74) is 0.389. The van der Waals surface area contributed by atoms with Crippen LogP contribution in [0.15, 0.2) is 52.3 Å². The van der Waals surface area contributed by atoms with Gasteiger partial charge in [0, 0.05) is 25.3 Å². The number of methoxy groups -OCH3 is 1. The van der Waals surface area contributed by atoms with E-state index in [1.807, 2.05) is 0 Å². The first kappa shape index (κ1) is 24.8. The summed E-state index contributed by atoms with van der Waals surface area (Å²) in [6, 6.07) is 9.72. The van der Waals surface area contributed by atoms with Crippen LogP contribution in [0.3, 0.4) is 0 Å². The number of benzene rings is 2. The molecule has 11 heteroatoms. The Morgan fingerprint density at radius 2 is 1.52 bits per heavy atom. The normalized spacial score (nSPS) is 12.0. The second-order valence-corrected chi connectivity index (χ2v) is 10.1. The molecule has 1 amide bonds. The Balaban J connectivity index is 2.35. The van der Waals surface area contributed by atoms with E-state index in [9.17, 15) is 21.6 Å². The van der Waals surface area contributed by atoms with E-state index in [2.05, 4.69) is 10.0 Å². The number of carbonyl (C=O) groups is 1. The van der Waals surface area contributed by atoms with Crippen molar-refractivity contribution in [3.8, 4) is 5.75 Å². The van der Waals surface area contributed by atoms with Gasteiger partial charge in [0.2, 0.25) is 20.0 Å². The summed E-state index contributed by atoms with van der Waals surface area (Å²) in [4.78, 5) is 12.9. The van der Waals surface area contributed by atoms with Crippen molar-refractivity contribution in [3.05, 3.63) is 48.0 Å². The smallest absolute Gasteiger partial charge is 0.259 e. The predicted octanol–water partition coefficient (Wildman–Crippen LogP) is 2.28. The molecular weight excluding hydrogens is 442 g/mol. The van der Waals surface area contributed by atoms with Crippen LogP contribution in [0.1, 0.15) is 31.1 Å². The minimum absolute atomic E-state index is 0.0192. The minimum atomic E-state index is -3.76. The third-order valence-corrected chi connectivity index (χ3v) is 8.12. The van der Waals surface area contributed by atoms with Gasteiger partial charge in [-0.05, 0) is 42.5 Å². The highest BCUT2D eigenvalue weighted by molar-refractivity contribution is 7.89. The molecule has 2 rings (SSSR count). The predicted molar refractivity (Wildman–Crippen MR) is 118 cm³/mol. The van der Waals surface area contributed by atoms with Crippen LogP contribution in [0, 0.1) is 0 Å². The summed E-state index contributed by atoms with van der Waals surface area (Å²) in [5.74, 6) is -0.377. The molecule has 0 unspecified atom stereocenters. The first-order chi connectivity index (χ1) is 14.6. The average Bonchev–Trinajstić information content (AvgIpc) is 2.74. The average molecular weight is 470 g/mol. The number of nitrogens with one attached hydrogen (secondary N) is 2. The number of anilines is 1. The fourth-order valence-electron chi connectivity index (χ4n) is 2.93. The maximum absolute atomic E-state index is 12.8. The highest BCUT2D eigenvalue weighted by Crippen LogP contribution is 2.26. The molecule has 2 aromatic rings. The lowest BCUT2D eigenvalue weighted by Crippen LogP contribution is -2.30. The number of hydrogen-bond donors (Lipinski definition) is 2. The molecule has 0 atom stereocenters. The van der Waals surface area contributed by atoms with Crippen molar-refractivity contribution in [2.24, 2.45) is 0 Å². The Hall–Kier alpha value is -2.47. The Morgan fingerprint density at radius 1 is 0.935 bits per heavy atom. The summed E-state index contributed by atoms with van der Waals surface area (Å²) in [5, 5.41) is 2.64. The van der Waals surface area contributed by atoms with Crippen molar-refractivity contribution in [3.63, 3.8) is 0 Å². The van der Waals surface area contributed by atoms with Gasteiger partial charge in [-0.25, -0.2) is 21.6 Å². The molecule has 0 spiro atoms. The number of rotatable bonds is 10. The lowest BCUT2D eigenvalue weighted by molar-refractivity contribution is 0.102. The Labute approximate surface area is 183 Å². The number of nitrogens with zero attached hydrogens (tertiary/aromatic N) is 1. The van der Waals surface area contributed by atoms with Crippen LogP contribution in [-0.2, 0) is 20.0 Å². The third-order valence-electron chi connectivity index (χ3n) is 4.52. The van der Waals surface area contributed by atoms with Crippen LogP contribution in [0.4, 0.5) is 5.69 Å². The number of sulfonamides is 2. The number of amides is 1. The van der Waals surface area contributed by atoms with E-state index in [0.717, 1.165) is 0 Å². The Kier molecular flexibility index (Phi) is 8.18. The van der Waals surface area contributed by atoms with E-state index in [-0.39, 0.29) is 27.6 Å². The summed E-state index contributed by atoms with van der Waals surface area (Å²) >= 11 is 0. The van der Waals surface area contributed by atoms with Crippen LogP contribution in [-0.4, -0.2) is 53.8 Å². The Bertz CT molecular complexity index is 1130. The lowest BCUT2D eigenvalue weighted by Gasteiger charge is -2.19. The van der Waals surface area contributed by atoms with Gasteiger partial charge >= 0.3 is 0 Å². The fourth-order valence-corrected chi connectivity index (χ4v) is 5.45. The molecular formula is C20H27N3O6S2. The zero-order valence-corrected chi connectivity index (χ0v) is 19.5. The van der Waals surface area contributed by atoms with E-state index in [4.69, 9.17) is 4.74 Å². The van der Waals surface area contributed by atoms with E-state index < -0.39 is 26.0 Å². The first-order valence-corrected chi connectivity index (χ1v) is 12.6. The van der Waals surface area contributed by atoms with Gasteiger partial charge in [-0.3, -0.25) is 4.79 Å². The van der Waals surface area contributed by atoms with Crippen LogP contribution < -0.4 is 14.8 Å². The highest BCUT2D eigenvalue weighted by Gasteiger charge is 2.24. The summed E-state index contributed by atoms with van der Waals surface area (Å²) in [6.07, 6.45) is 0. The molecule has 0 aliphatic carbocycles. The zero-order chi connectivity index (χ0) is 23.2. The summed E-state index contributed by atoms with van der Waals surface area (Å²) < 4.78 is 58.6. The highest BCUT2D eigenvalue weighted by atomic mass is 32.2. The molecule has 2 aromatic carbocycles. The van der Waals surface area contributed by atoms with Crippen molar-refractivity contribution >= 4 is 31.6 Å². The molecule has 0 saturated heterocycles. The number of carbonyl (C=O) groups excluding carboxylic acids is 1. The van der Waals surface area contributed by atoms with Gasteiger partial charge in [0.05, 0.1) is 22.5 Å². The maximum Gasteiger partial charge on any atom is 0.259 e. The third kappa shape index (κ3) is 5.62. The molecule has 0 fully saturated rings. The molecule has 0 aliphatic rings. The molecule has 0 saturated carbocycles. The van der Waals surface area contributed by atoms with Crippen LogP contribution in [0.5, 0.6) is 5.75 Å². The second kappa shape index (κ2) is 10.2. The number of hydrogen-bond acceptors (Lipinski definition) is 6. The Morgan fingerprint density at radius 3 is 2.03 bits per heavy atom. The van der Waals surface area contributed by atoms with E-state index >= 15 is 0 Å². The maximum atomic E-state index is 12.8. The van der Waals surface area contributed by atoms with Crippen molar-refractivity contribution in [2.75, 3.05) is 32.1 Å². The monoisotopic (exact) mass is 469 g/mol. The zero-order valence-electron chi connectivity index (χ0n) is 17.9. The van der Waals surface area contributed by atoms with E-state index in [1.54, 1.807) is 20.8 Å². The SMILES string of the molecule is CCNS(=O)(=O)c1ccc(NC(=O)c2cc(S(=O)(=O)N(CC)CC)ccc2OC)cc1. The molecule has 0 aliphatic heterocycles. The van der Waals surface area contributed by atoms with Gasteiger partial charge in [-0.2, -0.15) is 4.31 Å². The standard InChI is InChI=1S/C20H27N3O6S2/c1-5-21-30(25,26)16-10-8-15(9-11-16)22-20(24)18-14-17(12-13-19(18)29-4)31(27,28)23(6-2)7-3/h8-14,21H,5-7H2,1-4H3,(H,22,24). The van der Waals surface area contributed by atoms with Crippen LogP contribution >= 0.6 is 0 Å². The topological polar surface area (TPSA) is 122 Å². The second-order valence-electron chi connectivity index (χ2n) is 6.43. The molecule has 9 nitrogen and oxygen atoms in total. The quantitative estimate of drug-likeness (QED) is 0.551. The summed E-state index contributed by atoms with van der Waals surface area (Å²) in [7, 11) is -5.99. The minimum Gasteiger partial charge on any atom is -0.496 e. The van der Waals surface area contributed by atoms with Crippen LogP contribution in [0.2, 0.25) is 0 Å². The molecule has 31 heavy (non-hydrogen) atoms. The molecule has 0 heterocycles. The first-order valence-electron chi connectivity index (χ1n) is 9.69. The summed E-state index contributed by atoms with van der Waals surface area (Å²) in [6.45, 7) is 6.00. The van der Waals surface area contributed by atoms with Crippen molar-refractivity contribution in [1.82, 2.24) is 9.03 Å². The van der Waals surface area contributed by atoms with Gasteiger partial charge in [0.15, 0.2) is 0 Å². The van der Waals surface area contributed by atoms with E-state index in [0.29, 0.717) is 18.8 Å². The molecule has 0 bridgehead atoms. The number of ether oxygens (including phenoxy) is 1. The van der Waals surface area contributed by atoms with Gasteiger partial charge in [0.25, 0.3) is 5.91 Å². The van der Waals surface area contributed by atoms with Gasteiger partial charge in [-0.1, -0.05) is 20.8 Å². The van der Waals surface area contributed by atoms with Crippen molar-refractivity contribution in [2.45, 2.75) is 30.6 Å². The van der Waals surface area contributed by atoms with Gasteiger partial charge in [0.1, 0.15) is 5.75 Å². The molecule has 0 aromatic heterocycles. The van der Waals surface area contributed by atoms with Gasteiger partial charge in [-0.15, -0.1) is 0 Å². The van der Waals surface area contributed by atoms with Crippen molar-refractivity contribution < 1.29 is 26.4 Å². The molecule has 170 valence electrons.